The Morgan fingerprint density at radius 3 is 2.90 bits per heavy atom. The molecule has 1 aliphatic carbocycles. The summed E-state index contributed by atoms with van der Waals surface area (Å²) in [7, 11) is 1.44. The SMILES string of the molecule is COc1c(NCCOC2CCC(N)CC2)nc[nH]c1=O. The van der Waals surface area contributed by atoms with Crippen molar-refractivity contribution in [2.24, 2.45) is 5.73 Å². The number of hydrogen-bond acceptors (Lipinski definition) is 6. The fraction of sp³-hybridized carbons (Fsp3) is 0.692. The van der Waals surface area contributed by atoms with Gasteiger partial charge in [-0.25, -0.2) is 4.98 Å². The molecule has 0 spiro atoms. The Kier molecular flexibility index (Phi) is 5.37. The first-order chi connectivity index (χ1) is 9.70. The molecule has 4 N–H and O–H groups in total. The van der Waals surface area contributed by atoms with Crippen LogP contribution >= 0.6 is 0 Å². The fourth-order valence-electron chi connectivity index (χ4n) is 2.35. The van der Waals surface area contributed by atoms with Crippen LogP contribution in [0.15, 0.2) is 11.1 Å². The van der Waals surface area contributed by atoms with Gasteiger partial charge in [0.2, 0.25) is 5.75 Å². The summed E-state index contributed by atoms with van der Waals surface area (Å²) in [6, 6.07) is 0.331. The van der Waals surface area contributed by atoms with Crippen LogP contribution in [0.2, 0.25) is 0 Å². The molecule has 20 heavy (non-hydrogen) atoms. The summed E-state index contributed by atoms with van der Waals surface area (Å²) in [5, 5.41) is 3.05. The van der Waals surface area contributed by atoms with Crippen LogP contribution in [0.5, 0.6) is 5.75 Å². The van der Waals surface area contributed by atoms with E-state index in [1.54, 1.807) is 0 Å². The first-order valence-corrected chi connectivity index (χ1v) is 6.93. The van der Waals surface area contributed by atoms with E-state index in [4.69, 9.17) is 15.2 Å². The Hall–Kier alpha value is -1.60. The van der Waals surface area contributed by atoms with Gasteiger partial charge in [0.25, 0.3) is 5.56 Å². The highest BCUT2D eigenvalue weighted by Gasteiger charge is 2.18. The first kappa shape index (κ1) is 14.8. The number of methoxy groups -OCH3 is 1. The first-order valence-electron chi connectivity index (χ1n) is 6.93. The number of ether oxygens (including phenoxy) is 2. The molecule has 1 aliphatic rings. The van der Waals surface area contributed by atoms with E-state index in [-0.39, 0.29) is 11.3 Å². The molecule has 0 unspecified atom stereocenters. The lowest BCUT2D eigenvalue weighted by Crippen LogP contribution is -2.31. The van der Waals surface area contributed by atoms with Crippen LogP contribution in [0.3, 0.4) is 0 Å². The molecular formula is C13H22N4O3. The highest BCUT2D eigenvalue weighted by Crippen LogP contribution is 2.19. The van der Waals surface area contributed by atoms with E-state index in [0.29, 0.717) is 31.1 Å². The molecule has 0 aromatic carbocycles. The highest BCUT2D eigenvalue weighted by atomic mass is 16.5. The number of rotatable bonds is 6. The lowest BCUT2D eigenvalue weighted by Gasteiger charge is -2.26. The molecule has 0 atom stereocenters. The summed E-state index contributed by atoms with van der Waals surface area (Å²) in [6.45, 7) is 1.15. The van der Waals surface area contributed by atoms with Crippen LogP contribution in [0, 0.1) is 0 Å². The van der Waals surface area contributed by atoms with E-state index in [2.05, 4.69) is 15.3 Å². The summed E-state index contributed by atoms with van der Waals surface area (Å²) in [6.07, 6.45) is 5.74. The summed E-state index contributed by atoms with van der Waals surface area (Å²) in [5.41, 5.74) is 5.55. The zero-order valence-corrected chi connectivity index (χ0v) is 11.7. The van der Waals surface area contributed by atoms with E-state index in [0.717, 1.165) is 25.7 Å². The number of hydrogen-bond donors (Lipinski definition) is 3. The van der Waals surface area contributed by atoms with E-state index in [1.165, 1.54) is 13.4 Å². The second-order valence-electron chi connectivity index (χ2n) is 4.95. The normalized spacial score (nSPS) is 22.5. The van der Waals surface area contributed by atoms with E-state index in [1.807, 2.05) is 0 Å². The van der Waals surface area contributed by atoms with Crippen molar-refractivity contribution in [3.8, 4) is 5.75 Å². The molecule has 7 heteroatoms. The minimum absolute atomic E-state index is 0.191. The number of aromatic nitrogens is 2. The molecule has 112 valence electrons. The minimum atomic E-state index is -0.299. The van der Waals surface area contributed by atoms with Crippen LogP contribution in [0.4, 0.5) is 5.82 Å². The van der Waals surface area contributed by atoms with Crippen molar-refractivity contribution >= 4 is 5.82 Å². The van der Waals surface area contributed by atoms with Crippen molar-refractivity contribution in [3.05, 3.63) is 16.7 Å². The van der Waals surface area contributed by atoms with Crippen molar-refractivity contribution in [2.45, 2.75) is 37.8 Å². The third-order valence-electron chi connectivity index (χ3n) is 3.48. The molecular weight excluding hydrogens is 260 g/mol. The Balaban J connectivity index is 1.73. The molecule has 1 heterocycles. The van der Waals surface area contributed by atoms with Gasteiger partial charge in [-0.1, -0.05) is 0 Å². The van der Waals surface area contributed by atoms with E-state index < -0.39 is 0 Å². The molecule has 1 fully saturated rings. The van der Waals surface area contributed by atoms with Crippen LogP contribution in [-0.4, -0.2) is 42.4 Å². The predicted molar refractivity (Wildman–Crippen MR) is 76.1 cm³/mol. The monoisotopic (exact) mass is 282 g/mol. The number of nitrogens with two attached hydrogens (primary N) is 1. The number of nitrogens with one attached hydrogen (secondary N) is 2. The second-order valence-corrected chi connectivity index (χ2v) is 4.95. The maximum Gasteiger partial charge on any atom is 0.295 e. The smallest absolute Gasteiger partial charge is 0.295 e. The molecule has 0 saturated heterocycles. The Labute approximate surface area is 117 Å². The van der Waals surface area contributed by atoms with Gasteiger partial charge in [0.15, 0.2) is 5.82 Å². The number of H-pyrrole nitrogens is 1. The van der Waals surface area contributed by atoms with Crippen molar-refractivity contribution in [3.63, 3.8) is 0 Å². The van der Waals surface area contributed by atoms with Gasteiger partial charge in [0.1, 0.15) is 0 Å². The molecule has 1 saturated carbocycles. The average Bonchev–Trinajstić information content (AvgIpc) is 2.45. The third kappa shape index (κ3) is 3.94. The Morgan fingerprint density at radius 1 is 1.45 bits per heavy atom. The van der Waals surface area contributed by atoms with Gasteiger partial charge >= 0.3 is 0 Å². The zero-order valence-electron chi connectivity index (χ0n) is 11.7. The van der Waals surface area contributed by atoms with E-state index in [9.17, 15) is 4.79 Å². The quantitative estimate of drug-likeness (QED) is 0.656. The molecule has 0 radical (unpaired) electrons. The van der Waals surface area contributed by atoms with Crippen molar-refractivity contribution in [1.82, 2.24) is 9.97 Å². The van der Waals surface area contributed by atoms with Gasteiger partial charge in [-0.15, -0.1) is 0 Å². The molecule has 1 aromatic heterocycles. The van der Waals surface area contributed by atoms with Gasteiger partial charge in [-0.2, -0.15) is 0 Å². The van der Waals surface area contributed by atoms with Crippen LogP contribution < -0.4 is 21.3 Å². The Morgan fingerprint density at radius 2 is 2.20 bits per heavy atom. The van der Waals surface area contributed by atoms with Gasteiger partial charge in [-0.05, 0) is 25.7 Å². The number of anilines is 1. The Bertz CT molecular complexity index is 469. The lowest BCUT2D eigenvalue weighted by molar-refractivity contribution is 0.0313. The standard InChI is InChI=1S/C13H22N4O3/c1-19-11-12(16-8-17-13(11)18)15-6-7-20-10-4-2-9(14)3-5-10/h8-10H,2-7,14H2,1H3,(H2,15,16,17,18). The summed E-state index contributed by atoms with van der Waals surface area (Å²) in [5.74, 6) is 0.627. The van der Waals surface area contributed by atoms with Gasteiger partial charge < -0.3 is 25.5 Å². The summed E-state index contributed by atoms with van der Waals surface area (Å²) >= 11 is 0. The van der Waals surface area contributed by atoms with Crippen molar-refractivity contribution < 1.29 is 9.47 Å². The lowest BCUT2D eigenvalue weighted by atomic mass is 9.94. The fourth-order valence-corrected chi connectivity index (χ4v) is 2.35. The molecule has 0 amide bonds. The van der Waals surface area contributed by atoms with Gasteiger partial charge in [0, 0.05) is 12.6 Å². The highest BCUT2D eigenvalue weighted by molar-refractivity contribution is 5.47. The second kappa shape index (κ2) is 7.25. The van der Waals surface area contributed by atoms with Crippen LogP contribution in [0.1, 0.15) is 25.7 Å². The molecule has 0 bridgehead atoms. The summed E-state index contributed by atoms with van der Waals surface area (Å²) in [4.78, 5) is 18.0. The molecule has 2 rings (SSSR count). The average molecular weight is 282 g/mol. The molecule has 0 aliphatic heterocycles. The maximum atomic E-state index is 11.5. The third-order valence-corrected chi connectivity index (χ3v) is 3.48. The number of nitrogens with zero attached hydrogens (tertiary/aromatic N) is 1. The summed E-state index contributed by atoms with van der Waals surface area (Å²) < 4.78 is 10.8. The predicted octanol–water partition coefficient (Wildman–Crippen LogP) is 0.477. The largest absolute Gasteiger partial charge is 0.489 e. The van der Waals surface area contributed by atoms with Crippen molar-refractivity contribution in [2.75, 3.05) is 25.6 Å². The van der Waals surface area contributed by atoms with Crippen molar-refractivity contribution in [1.29, 1.82) is 0 Å². The van der Waals surface area contributed by atoms with Crippen LogP contribution in [0.25, 0.3) is 0 Å². The van der Waals surface area contributed by atoms with Gasteiger partial charge in [-0.3, -0.25) is 4.79 Å². The maximum absolute atomic E-state index is 11.5. The zero-order chi connectivity index (χ0) is 14.4. The molecule has 7 nitrogen and oxygen atoms in total. The minimum Gasteiger partial charge on any atom is -0.489 e. The van der Waals surface area contributed by atoms with Gasteiger partial charge in [0.05, 0.1) is 26.1 Å². The number of aromatic amines is 1. The van der Waals surface area contributed by atoms with E-state index >= 15 is 0 Å². The topological polar surface area (TPSA) is 102 Å². The van der Waals surface area contributed by atoms with Crippen LogP contribution in [-0.2, 0) is 4.74 Å². The molecule has 1 aromatic rings.